The van der Waals surface area contributed by atoms with Gasteiger partial charge in [0.05, 0.1) is 11.4 Å². The molecule has 0 heterocycles. The number of phenolic OH excluding ortho intramolecular Hbond substituents is 1. The number of anilines is 2. The van der Waals surface area contributed by atoms with Crippen LogP contribution in [0.15, 0.2) is 42.5 Å². The van der Waals surface area contributed by atoms with Gasteiger partial charge in [0, 0.05) is 6.07 Å². The third-order valence-corrected chi connectivity index (χ3v) is 2.54. The van der Waals surface area contributed by atoms with Gasteiger partial charge in [-0.25, -0.2) is 8.78 Å². The summed E-state index contributed by atoms with van der Waals surface area (Å²) in [6.07, 6.45) is 0. The van der Waals surface area contributed by atoms with Crippen molar-refractivity contribution >= 4 is 23.2 Å². The molecule has 0 radical (unpaired) electrons. The van der Waals surface area contributed by atoms with Gasteiger partial charge in [-0.2, -0.15) is 0 Å². The monoisotopic (exact) mass is 292 g/mol. The summed E-state index contributed by atoms with van der Waals surface area (Å²) in [6.45, 7) is 0. The van der Waals surface area contributed by atoms with E-state index in [0.717, 1.165) is 18.2 Å². The Morgan fingerprint density at radius 3 is 2.19 bits per heavy atom. The maximum atomic E-state index is 13.3. The molecule has 5 nitrogen and oxygen atoms in total. The summed E-state index contributed by atoms with van der Waals surface area (Å²) in [6, 6.07) is 8.23. The fourth-order valence-corrected chi connectivity index (χ4v) is 1.53. The Balaban J connectivity index is 2.08. The van der Waals surface area contributed by atoms with E-state index in [1.807, 2.05) is 5.32 Å². The van der Waals surface area contributed by atoms with Gasteiger partial charge in [-0.15, -0.1) is 0 Å². The maximum absolute atomic E-state index is 13.3. The largest absolute Gasteiger partial charge is 0.506 e. The van der Waals surface area contributed by atoms with E-state index in [2.05, 4.69) is 5.32 Å². The van der Waals surface area contributed by atoms with Crippen molar-refractivity contribution in [2.45, 2.75) is 0 Å². The first-order valence-corrected chi connectivity index (χ1v) is 5.83. The summed E-state index contributed by atoms with van der Waals surface area (Å²) in [5.74, 6) is -4.17. The number of amides is 2. The van der Waals surface area contributed by atoms with Gasteiger partial charge in [-0.05, 0) is 24.3 Å². The number of para-hydroxylation sites is 2. The first kappa shape index (κ1) is 14.4. The second-order valence-corrected chi connectivity index (χ2v) is 4.05. The number of nitrogens with one attached hydrogen (secondary N) is 2. The van der Waals surface area contributed by atoms with Gasteiger partial charge in [0.25, 0.3) is 0 Å². The van der Waals surface area contributed by atoms with Crippen LogP contribution in [-0.2, 0) is 9.59 Å². The lowest BCUT2D eigenvalue weighted by molar-refractivity contribution is -0.133. The first-order valence-electron chi connectivity index (χ1n) is 5.83. The van der Waals surface area contributed by atoms with E-state index in [4.69, 9.17) is 0 Å². The molecule has 0 unspecified atom stereocenters. The number of halogens is 2. The minimum atomic E-state index is -1.19. The topological polar surface area (TPSA) is 78.4 Å². The highest BCUT2D eigenvalue weighted by Gasteiger charge is 2.17. The third-order valence-electron chi connectivity index (χ3n) is 2.54. The van der Waals surface area contributed by atoms with Gasteiger partial charge in [0.2, 0.25) is 0 Å². The maximum Gasteiger partial charge on any atom is 0.314 e. The smallest absolute Gasteiger partial charge is 0.314 e. The molecule has 0 atom stereocenters. The van der Waals surface area contributed by atoms with E-state index in [9.17, 15) is 23.5 Å². The van der Waals surface area contributed by atoms with Crippen molar-refractivity contribution in [3.05, 3.63) is 54.1 Å². The molecule has 7 heteroatoms. The number of phenols is 1. The average molecular weight is 292 g/mol. The molecule has 0 bridgehead atoms. The standard InChI is InChI=1S/C14H10F2N2O3/c15-8-5-6-9(16)11(7-8)18-14(21)13(20)17-10-3-1-2-4-12(10)19/h1-7,19H,(H,17,20)(H,18,21). The number of rotatable bonds is 2. The van der Waals surface area contributed by atoms with Gasteiger partial charge in [-0.1, -0.05) is 12.1 Å². The molecular weight excluding hydrogens is 282 g/mol. The number of benzene rings is 2. The van der Waals surface area contributed by atoms with Crippen molar-refractivity contribution in [3.63, 3.8) is 0 Å². The average Bonchev–Trinajstić information content (AvgIpc) is 2.45. The molecule has 2 rings (SSSR count). The van der Waals surface area contributed by atoms with Crippen molar-refractivity contribution in [1.29, 1.82) is 0 Å². The van der Waals surface area contributed by atoms with Crippen LogP contribution < -0.4 is 10.6 Å². The molecule has 0 aliphatic carbocycles. The normalized spacial score (nSPS) is 10.0. The molecule has 2 aromatic carbocycles. The van der Waals surface area contributed by atoms with Gasteiger partial charge in [0.15, 0.2) is 0 Å². The Hall–Kier alpha value is -2.96. The quantitative estimate of drug-likeness (QED) is 0.587. The van der Waals surface area contributed by atoms with E-state index in [1.165, 1.54) is 18.2 Å². The first-order chi connectivity index (χ1) is 9.97. The Bertz CT molecular complexity index is 704. The fraction of sp³-hybridized carbons (Fsp3) is 0. The third kappa shape index (κ3) is 3.53. The van der Waals surface area contributed by atoms with Gasteiger partial charge >= 0.3 is 11.8 Å². The number of hydrogen-bond donors (Lipinski definition) is 3. The van der Waals surface area contributed by atoms with Crippen LogP contribution >= 0.6 is 0 Å². The Morgan fingerprint density at radius 1 is 0.905 bits per heavy atom. The molecular formula is C14H10F2N2O3. The van der Waals surface area contributed by atoms with Gasteiger partial charge in [0.1, 0.15) is 17.4 Å². The number of carbonyl (C=O) groups is 2. The minimum absolute atomic E-state index is 0.0253. The lowest BCUT2D eigenvalue weighted by Crippen LogP contribution is -2.29. The molecule has 3 N–H and O–H groups in total. The Morgan fingerprint density at radius 2 is 1.52 bits per heavy atom. The summed E-state index contributed by atoms with van der Waals surface area (Å²) in [5, 5.41) is 13.5. The summed E-state index contributed by atoms with van der Waals surface area (Å²) in [5.41, 5.74) is -0.426. The second kappa shape index (κ2) is 6.00. The molecule has 0 spiro atoms. The lowest BCUT2D eigenvalue weighted by Gasteiger charge is -2.08. The molecule has 0 fully saturated rings. The van der Waals surface area contributed by atoms with Crippen molar-refractivity contribution in [3.8, 4) is 5.75 Å². The van der Waals surface area contributed by atoms with Crippen LogP contribution in [0.5, 0.6) is 5.75 Å². The van der Waals surface area contributed by atoms with Crippen molar-refractivity contribution < 1.29 is 23.5 Å². The van der Waals surface area contributed by atoms with Crippen molar-refractivity contribution in [2.24, 2.45) is 0 Å². The molecule has 0 saturated heterocycles. The number of hydrogen-bond acceptors (Lipinski definition) is 3. The zero-order valence-electron chi connectivity index (χ0n) is 10.6. The van der Waals surface area contributed by atoms with Crippen LogP contribution in [0.2, 0.25) is 0 Å². The summed E-state index contributed by atoms with van der Waals surface area (Å²) >= 11 is 0. The van der Waals surface area contributed by atoms with E-state index in [1.54, 1.807) is 6.07 Å². The fourth-order valence-electron chi connectivity index (χ4n) is 1.53. The molecule has 0 saturated carbocycles. The lowest BCUT2D eigenvalue weighted by atomic mass is 10.2. The molecule has 108 valence electrons. The number of carbonyl (C=O) groups excluding carboxylic acids is 2. The molecule has 2 amide bonds. The zero-order chi connectivity index (χ0) is 15.4. The second-order valence-electron chi connectivity index (χ2n) is 4.05. The predicted octanol–water partition coefficient (Wildman–Crippen LogP) is 2.25. The van der Waals surface area contributed by atoms with Crippen LogP contribution in [-0.4, -0.2) is 16.9 Å². The van der Waals surface area contributed by atoms with Crippen LogP contribution in [0.1, 0.15) is 0 Å². The summed E-state index contributed by atoms with van der Waals surface area (Å²) in [4.78, 5) is 23.2. The van der Waals surface area contributed by atoms with Crippen LogP contribution in [0.3, 0.4) is 0 Å². The van der Waals surface area contributed by atoms with Crippen molar-refractivity contribution in [1.82, 2.24) is 0 Å². The van der Waals surface area contributed by atoms with E-state index >= 15 is 0 Å². The summed E-state index contributed by atoms with van der Waals surface area (Å²) in [7, 11) is 0. The molecule has 0 aliphatic rings. The minimum Gasteiger partial charge on any atom is -0.506 e. The summed E-state index contributed by atoms with van der Waals surface area (Å²) < 4.78 is 26.3. The SMILES string of the molecule is O=C(Nc1ccccc1O)C(=O)Nc1cc(F)ccc1F. The Labute approximate surface area is 118 Å². The molecule has 2 aromatic rings. The predicted molar refractivity (Wildman–Crippen MR) is 71.7 cm³/mol. The highest BCUT2D eigenvalue weighted by molar-refractivity contribution is 6.43. The highest BCUT2D eigenvalue weighted by atomic mass is 19.1. The van der Waals surface area contributed by atoms with Gasteiger partial charge < -0.3 is 15.7 Å². The number of aromatic hydroxyl groups is 1. The van der Waals surface area contributed by atoms with E-state index < -0.39 is 29.1 Å². The van der Waals surface area contributed by atoms with Crippen LogP contribution in [0, 0.1) is 11.6 Å². The van der Waals surface area contributed by atoms with E-state index in [0.29, 0.717) is 0 Å². The highest BCUT2D eigenvalue weighted by Crippen LogP contribution is 2.21. The Kier molecular flexibility index (Phi) is 4.13. The molecule has 0 aliphatic heterocycles. The van der Waals surface area contributed by atoms with Crippen LogP contribution in [0.4, 0.5) is 20.2 Å². The molecule has 0 aromatic heterocycles. The zero-order valence-corrected chi connectivity index (χ0v) is 10.6. The van der Waals surface area contributed by atoms with Crippen molar-refractivity contribution in [2.75, 3.05) is 10.6 Å². The van der Waals surface area contributed by atoms with E-state index in [-0.39, 0.29) is 11.4 Å². The molecule has 21 heavy (non-hydrogen) atoms. The van der Waals surface area contributed by atoms with Gasteiger partial charge in [-0.3, -0.25) is 9.59 Å². The van der Waals surface area contributed by atoms with Crippen LogP contribution in [0.25, 0.3) is 0 Å².